The van der Waals surface area contributed by atoms with Crippen LogP contribution in [0.1, 0.15) is 38.5 Å². The lowest BCUT2D eigenvalue weighted by atomic mass is 9.95. The van der Waals surface area contributed by atoms with E-state index in [2.05, 4.69) is 0 Å². The number of aliphatic hydroxyl groups excluding tert-OH is 2. The van der Waals surface area contributed by atoms with Crippen LogP contribution in [0.3, 0.4) is 0 Å². The molecule has 2 heteroatoms. The number of hydrogen-bond acceptors (Lipinski definition) is 2. The Kier molecular flexibility index (Phi) is 3.87. The third kappa shape index (κ3) is 2.80. The Morgan fingerprint density at radius 1 is 1.09 bits per heavy atom. The average Bonchev–Trinajstić information content (AvgIpc) is 2.30. The van der Waals surface area contributed by atoms with Gasteiger partial charge >= 0.3 is 0 Å². The van der Waals surface area contributed by atoms with Gasteiger partial charge in [0.2, 0.25) is 0 Å². The van der Waals surface area contributed by atoms with Crippen LogP contribution < -0.4 is 0 Å². The first kappa shape index (κ1) is 9.01. The highest BCUT2D eigenvalue weighted by Crippen LogP contribution is 2.25. The van der Waals surface area contributed by atoms with Crippen LogP contribution in [-0.2, 0) is 0 Å². The zero-order valence-corrected chi connectivity index (χ0v) is 7.00. The van der Waals surface area contributed by atoms with Crippen molar-refractivity contribution in [3.8, 4) is 0 Å². The van der Waals surface area contributed by atoms with Gasteiger partial charge in [0.25, 0.3) is 0 Å². The zero-order chi connectivity index (χ0) is 8.10. The smallest absolute Gasteiger partial charge is 0.0799 e. The highest BCUT2D eigenvalue weighted by atomic mass is 16.3. The molecule has 0 spiro atoms. The first-order chi connectivity index (χ1) is 5.34. The second kappa shape index (κ2) is 4.73. The molecule has 0 aromatic carbocycles. The number of hydrogen-bond donors (Lipinski definition) is 2. The van der Waals surface area contributed by atoms with Crippen molar-refractivity contribution in [2.24, 2.45) is 5.92 Å². The van der Waals surface area contributed by atoms with E-state index < -0.39 is 6.10 Å². The lowest BCUT2D eigenvalue weighted by Gasteiger charge is -2.18. The minimum absolute atomic E-state index is 0.0648. The SMILES string of the molecule is OCC(O)C1CCCCCC1. The first-order valence-corrected chi connectivity index (χ1v) is 4.63. The van der Waals surface area contributed by atoms with Gasteiger partial charge in [-0.1, -0.05) is 25.7 Å². The van der Waals surface area contributed by atoms with Gasteiger partial charge in [-0.3, -0.25) is 0 Å². The maximum absolute atomic E-state index is 9.36. The summed E-state index contributed by atoms with van der Waals surface area (Å²) < 4.78 is 0. The summed E-state index contributed by atoms with van der Waals surface area (Å²) in [5.41, 5.74) is 0. The van der Waals surface area contributed by atoms with Crippen molar-refractivity contribution < 1.29 is 10.2 Å². The highest BCUT2D eigenvalue weighted by molar-refractivity contribution is 4.70. The quantitative estimate of drug-likeness (QED) is 0.595. The Labute approximate surface area is 68.2 Å². The second-order valence-corrected chi connectivity index (χ2v) is 3.50. The Hall–Kier alpha value is -0.0800. The Bertz CT molecular complexity index is 95.7. The molecule has 2 nitrogen and oxygen atoms in total. The van der Waals surface area contributed by atoms with Gasteiger partial charge < -0.3 is 10.2 Å². The number of rotatable bonds is 2. The summed E-state index contributed by atoms with van der Waals surface area (Å²) in [6, 6.07) is 0. The molecule has 0 aromatic heterocycles. The van der Waals surface area contributed by atoms with Gasteiger partial charge in [0.05, 0.1) is 12.7 Å². The van der Waals surface area contributed by atoms with Gasteiger partial charge in [-0.05, 0) is 18.8 Å². The van der Waals surface area contributed by atoms with Gasteiger partial charge in [0.15, 0.2) is 0 Å². The minimum atomic E-state index is -0.465. The van der Waals surface area contributed by atoms with Gasteiger partial charge in [-0.2, -0.15) is 0 Å². The van der Waals surface area contributed by atoms with Crippen LogP contribution in [0.25, 0.3) is 0 Å². The molecule has 0 aliphatic heterocycles. The molecule has 0 radical (unpaired) electrons. The highest BCUT2D eigenvalue weighted by Gasteiger charge is 2.19. The summed E-state index contributed by atoms with van der Waals surface area (Å²) >= 11 is 0. The fourth-order valence-electron chi connectivity index (χ4n) is 1.84. The van der Waals surface area contributed by atoms with Crippen molar-refractivity contribution in [2.45, 2.75) is 44.6 Å². The van der Waals surface area contributed by atoms with Crippen molar-refractivity contribution >= 4 is 0 Å². The van der Waals surface area contributed by atoms with Crippen LogP contribution in [-0.4, -0.2) is 22.9 Å². The van der Waals surface area contributed by atoms with E-state index in [0.29, 0.717) is 5.92 Å². The van der Waals surface area contributed by atoms with E-state index in [4.69, 9.17) is 5.11 Å². The van der Waals surface area contributed by atoms with Crippen LogP contribution >= 0.6 is 0 Å². The van der Waals surface area contributed by atoms with E-state index in [1.807, 2.05) is 0 Å². The third-order valence-corrected chi connectivity index (χ3v) is 2.63. The molecule has 0 aromatic rings. The van der Waals surface area contributed by atoms with Crippen LogP contribution in [0, 0.1) is 5.92 Å². The maximum atomic E-state index is 9.36. The summed E-state index contributed by atoms with van der Waals surface area (Å²) in [7, 11) is 0. The molecule has 1 rings (SSSR count). The normalized spacial score (nSPS) is 24.5. The van der Waals surface area contributed by atoms with E-state index in [9.17, 15) is 5.11 Å². The molecule has 1 fully saturated rings. The Balaban J connectivity index is 2.30. The molecule has 0 amide bonds. The van der Waals surface area contributed by atoms with Crippen molar-refractivity contribution in [1.82, 2.24) is 0 Å². The van der Waals surface area contributed by atoms with Crippen LogP contribution in [0.15, 0.2) is 0 Å². The molecule has 1 aliphatic rings. The molecule has 0 bridgehead atoms. The van der Waals surface area contributed by atoms with Crippen molar-refractivity contribution in [1.29, 1.82) is 0 Å². The Morgan fingerprint density at radius 3 is 2.09 bits per heavy atom. The molecule has 1 aliphatic carbocycles. The number of aliphatic hydroxyl groups is 2. The largest absolute Gasteiger partial charge is 0.394 e. The lowest BCUT2D eigenvalue weighted by Crippen LogP contribution is -2.23. The van der Waals surface area contributed by atoms with E-state index in [1.165, 1.54) is 25.7 Å². The van der Waals surface area contributed by atoms with E-state index in [-0.39, 0.29) is 6.61 Å². The standard InChI is InChI=1S/C9H18O2/c10-7-9(11)8-5-3-1-2-4-6-8/h8-11H,1-7H2. The van der Waals surface area contributed by atoms with Crippen molar-refractivity contribution in [2.75, 3.05) is 6.61 Å². The summed E-state index contributed by atoms with van der Waals surface area (Å²) in [6.07, 6.45) is 6.78. The lowest BCUT2D eigenvalue weighted by molar-refractivity contribution is 0.0412. The molecule has 1 unspecified atom stereocenters. The average molecular weight is 158 g/mol. The summed E-state index contributed by atoms with van der Waals surface area (Å²) in [5, 5.41) is 18.1. The molecule has 1 saturated carbocycles. The monoisotopic (exact) mass is 158 g/mol. The van der Waals surface area contributed by atoms with Gasteiger partial charge in [-0.25, -0.2) is 0 Å². The minimum Gasteiger partial charge on any atom is -0.394 e. The molecular weight excluding hydrogens is 140 g/mol. The summed E-state index contributed by atoms with van der Waals surface area (Å²) in [6.45, 7) is -0.0648. The summed E-state index contributed by atoms with van der Waals surface area (Å²) in [5.74, 6) is 0.363. The van der Waals surface area contributed by atoms with Crippen molar-refractivity contribution in [3.63, 3.8) is 0 Å². The van der Waals surface area contributed by atoms with E-state index >= 15 is 0 Å². The van der Waals surface area contributed by atoms with Crippen LogP contribution in [0.2, 0.25) is 0 Å². The molecule has 1 atom stereocenters. The molecular formula is C9H18O2. The molecule has 11 heavy (non-hydrogen) atoms. The Morgan fingerprint density at radius 2 is 1.64 bits per heavy atom. The molecule has 0 heterocycles. The van der Waals surface area contributed by atoms with E-state index in [0.717, 1.165) is 12.8 Å². The second-order valence-electron chi connectivity index (χ2n) is 3.50. The third-order valence-electron chi connectivity index (χ3n) is 2.63. The van der Waals surface area contributed by atoms with Crippen molar-refractivity contribution in [3.05, 3.63) is 0 Å². The predicted molar refractivity (Wildman–Crippen MR) is 44.3 cm³/mol. The predicted octanol–water partition coefficient (Wildman–Crippen LogP) is 1.31. The summed E-state index contributed by atoms with van der Waals surface area (Å²) in [4.78, 5) is 0. The van der Waals surface area contributed by atoms with E-state index in [1.54, 1.807) is 0 Å². The fourth-order valence-corrected chi connectivity index (χ4v) is 1.84. The van der Waals surface area contributed by atoms with Crippen LogP contribution in [0.5, 0.6) is 0 Å². The maximum Gasteiger partial charge on any atom is 0.0799 e. The fraction of sp³-hybridized carbons (Fsp3) is 1.00. The zero-order valence-electron chi connectivity index (χ0n) is 7.00. The van der Waals surface area contributed by atoms with Gasteiger partial charge in [0, 0.05) is 0 Å². The van der Waals surface area contributed by atoms with Gasteiger partial charge in [0.1, 0.15) is 0 Å². The van der Waals surface area contributed by atoms with Gasteiger partial charge in [-0.15, -0.1) is 0 Å². The van der Waals surface area contributed by atoms with Crippen LogP contribution in [0.4, 0.5) is 0 Å². The molecule has 2 N–H and O–H groups in total. The molecule has 0 saturated heterocycles. The topological polar surface area (TPSA) is 40.5 Å². The first-order valence-electron chi connectivity index (χ1n) is 4.63. The molecule has 66 valence electrons.